The zero-order valence-electron chi connectivity index (χ0n) is 11.6. The summed E-state index contributed by atoms with van der Waals surface area (Å²) in [6.45, 7) is 1.01. The molecule has 21 heavy (non-hydrogen) atoms. The molecule has 0 atom stereocenters. The molecule has 1 amide bonds. The number of hydrogen-bond acceptors (Lipinski definition) is 2. The minimum Gasteiger partial charge on any atom is -0.385 e. The number of aryl methyl sites for hydroxylation is 2. The smallest absolute Gasteiger partial charge is 0.272 e. The van der Waals surface area contributed by atoms with Gasteiger partial charge in [-0.2, -0.15) is 0 Å². The lowest BCUT2D eigenvalue weighted by molar-refractivity contribution is 0.101. The van der Waals surface area contributed by atoms with E-state index in [2.05, 4.69) is 10.6 Å². The predicted molar refractivity (Wildman–Crippen MR) is 88.9 cm³/mol. The van der Waals surface area contributed by atoms with Gasteiger partial charge in [-0.3, -0.25) is 4.79 Å². The van der Waals surface area contributed by atoms with Crippen LogP contribution in [0.5, 0.6) is 0 Å². The maximum absolute atomic E-state index is 12.2. The Hall–Kier alpha value is -1.65. The van der Waals surface area contributed by atoms with Gasteiger partial charge < -0.3 is 15.2 Å². The molecule has 3 rings (SSSR count). The van der Waals surface area contributed by atoms with Crippen LogP contribution in [-0.4, -0.2) is 17.0 Å². The van der Waals surface area contributed by atoms with Crippen LogP contribution in [0.2, 0.25) is 5.02 Å². The highest BCUT2D eigenvalue weighted by Gasteiger charge is 2.13. The Morgan fingerprint density at radius 3 is 2.90 bits per heavy atom. The van der Waals surface area contributed by atoms with Gasteiger partial charge in [0.05, 0.1) is 5.02 Å². The number of halogens is 2. The van der Waals surface area contributed by atoms with E-state index >= 15 is 0 Å². The molecule has 0 unspecified atom stereocenters. The molecule has 2 N–H and O–H groups in total. The van der Waals surface area contributed by atoms with Gasteiger partial charge in [0.1, 0.15) is 5.69 Å². The van der Waals surface area contributed by atoms with E-state index in [-0.39, 0.29) is 18.3 Å². The molecule has 0 bridgehead atoms. The monoisotopic (exact) mass is 325 g/mol. The first-order valence-electron chi connectivity index (χ1n) is 6.63. The van der Waals surface area contributed by atoms with Crippen molar-refractivity contribution in [2.24, 2.45) is 7.05 Å². The van der Waals surface area contributed by atoms with Crippen LogP contribution in [0, 0.1) is 0 Å². The number of carbonyl (C=O) groups is 1. The molecular weight excluding hydrogens is 309 g/mol. The number of rotatable bonds is 2. The highest BCUT2D eigenvalue weighted by molar-refractivity contribution is 6.31. The van der Waals surface area contributed by atoms with Gasteiger partial charge in [0.25, 0.3) is 5.91 Å². The summed E-state index contributed by atoms with van der Waals surface area (Å²) in [6, 6.07) is 7.63. The fraction of sp³-hybridized carbons (Fsp3) is 0.267. The standard InChI is InChI=1S/C15H16ClN3O.ClH/c1-19-9-11(16)8-14(19)15(20)18-12-4-5-13-10(7-12)3-2-6-17-13;/h4-5,7-9,17H,2-3,6H2,1H3,(H,18,20);1H. The van der Waals surface area contributed by atoms with E-state index in [4.69, 9.17) is 11.6 Å². The van der Waals surface area contributed by atoms with E-state index in [1.54, 1.807) is 23.9 Å². The first-order valence-corrected chi connectivity index (χ1v) is 7.01. The second-order valence-corrected chi connectivity index (χ2v) is 5.45. The van der Waals surface area contributed by atoms with E-state index in [0.29, 0.717) is 10.7 Å². The van der Waals surface area contributed by atoms with Crippen molar-refractivity contribution in [2.75, 3.05) is 17.2 Å². The molecule has 1 aromatic heterocycles. The second kappa shape index (κ2) is 6.41. The maximum Gasteiger partial charge on any atom is 0.272 e. The molecule has 112 valence electrons. The molecule has 0 radical (unpaired) electrons. The molecule has 4 nitrogen and oxygen atoms in total. The quantitative estimate of drug-likeness (QED) is 0.884. The summed E-state index contributed by atoms with van der Waals surface area (Å²) in [4.78, 5) is 12.2. The van der Waals surface area contributed by atoms with Crippen LogP contribution >= 0.6 is 24.0 Å². The first kappa shape index (κ1) is 15.7. The maximum atomic E-state index is 12.2. The number of fused-ring (bicyclic) bond motifs is 1. The number of carbonyl (C=O) groups excluding carboxylic acids is 1. The second-order valence-electron chi connectivity index (χ2n) is 5.01. The van der Waals surface area contributed by atoms with Crippen LogP contribution in [0.15, 0.2) is 30.5 Å². The average Bonchev–Trinajstić information content (AvgIpc) is 2.78. The molecule has 2 heterocycles. The van der Waals surface area contributed by atoms with Gasteiger partial charge in [-0.15, -0.1) is 12.4 Å². The topological polar surface area (TPSA) is 46.1 Å². The SMILES string of the molecule is Cl.Cn1cc(Cl)cc1C(=O)Nc1ccc2c(c1)CCCN2. The van der Waals surface area contributed by atoms with E-state index < -0.39 is 0 Å². The van der Waals surface area contributed by atoms with Crippen molar-refractivity contribution in [3.63, 3.8) is 0 Å². The van der Waals surface area contributed by atoms with Crippen molar-refractivity contribution in [3.05, 3.63) is 46.7 Å². The predicted octanol–water partition coefficient (Wildman–Crippen LogP) is 3.71. The molecular formula is C15H17Cl2N3O. The Morgan fingerprint density at radius 1 is 1.38 bits per heavy atom. The van der Waals surface area contributed by atoms with Crippen LogP contribution < -0.4 is 10.6 Å². The van der Waals surface area contributed by atoms with E-state index in [1.165, 1.54) is 5.56 Å². The van der Waals surface area contributed by atoms with Crippen molar-refractivity contribution in [1.29, 1.82) is 0 Å². The van der Waals surface area contributed by atoms with Crippen molar-refractivity contribution in [1.82, 2.24) is 4.57 Å². The molecule has 2 aromatic rings. The molecule has 0 saturated carbocycles. The molecule has 6 heteroatoms. The van der Waals surface area contributed by atoms with Crippen LogP contribution in [0.4, 0.5) is 11.4 Å². The van der Waals surface area contributed by atoms with Gasteiger partial charge in [-0.25, -0.2) is 0 Å². The van der Waals surface area contributed by atoms with E-state index in [0.717, 1.165) is 30.8 Å². The van der Waals surface area contributed by atoms with Crippen molar-refractivity contribution < 1.29 is 4.79 Å². The third-order valence-electron chi connectivity index (χ3n) is 3.51. The molecule has 1 aromatic carbocycles. The van der Waals surface area contributed by atoms with E-state index in [9.17, 15) is 4.79 Å². The minimum absolute atomic E-state index is 0. The molecule has 0 aliphatic carbocycles. The van der Waals surface area contributed by atoms with Crippen molar-refractivity contribution in [2.45, 2.75) is 12.8 Å². The number of nitrogens with one attached hydrogen (secondary N) is 2. The number of anilines is 2. The number of aromatic nitrogens is 1. The summed E-state index contributed by atoms with van der Waals surface area (Å²) >= 11 is 5.90. The van der Waals surface area contributed by atoms with Gasteiger partial charge in [0, 0.05) is 31.2 Å². The molecule has 0 fully saturated rings. The van der Waals surface area contributed by atoms with Crippen LogP contribution in [0.25, 0.3) is 0 Å². The zero-order chi connectivity index (χ0) is 14.1. The highest BCUT2D eigenvalue weighted by Crippen LogP contribution is 2.25. The van der Waals surface area contributed by atoms with Crippen LogP contribution in [0.3, 0.4) is 0 Å². The van der Waals surface area contributed by atoms with E-state index in [1.807, 2.05) is 18.2 Å². The van der Waals surface area contributed by atoms with Gasteiger partial charge >= 0.3 is 0 Å². The molecule has 1 aliphatic rings. The number of hydrogen-bond donors (Lipinski definition) is 2. The largest absolute Gasteiger partial charge is 0.385 e. The summed E-state index contributed by atoms with van der Waals surface area (Å²) in [5.41, 5.74) is 3.77. The summed E-state index contributed by atoms with van der Waals surface area (Å²) in [5.74, 6) is -0.150. The lowest BCUT2D eigenvalue weighted by atomic mass is 10.0. The third-order valence-corrected chi connectivity index (χ3v) is 3.71. The third kappa shape index (κ3) is 3.34. The summed E-state index contributed by atoms with van der Waals surface area (Å²) < 4.78 is 1.72. The highest BCUT2D eigenvalue weighted by atomic mass is 35.5. The molecule has 1 aliphatic heterocycles. The number of nitrogens with zero attached hydrogens (tertiary/aromatic N) is 1. The summed E-state index contributed by atoms with van der Waals surface area (Å²) in [5, 5.41) is 6.83. The normalized spacial score (nSPS) is 12.9. The lowest BCUT2D eigenvalue weighted by Gasteiger charge is -2.18. The Bertz CT molecular complexity index is 667. The Balaban J connectivity index is 0.00000161. The number of benzene rings is 1. The fourth-order valence-electron chi connectivity index (χ4n) is 2.50. The Labute approximate surface area is 134 Å². The Kier molecular flexibility index (Phi) is 4.80. The van der Waals surface area contributed by atoms with Gasteiger partial charge in [0.2, 0.25) is 0 Å². The minimum atomic E-state index is -0.150. The van der Waals surface area contributed by atoms with Crippen molar-refractivity contribution in [3.8, 4) is 0 Å². The zero-order valence-corrected chi connectivity index (χ0v) is 13.2. The van der Waals surface area contributed by atoms with Crippen LogP contribution in [-0.2, 0) is 13.5 Å². The molecule has 0 spiro atoms. The fourth-order valence-corrected chi connectivity index (χ4v) is 2.75. The summed E-state index contributed by atoms with van der Waals surface area (Å²) in [6.07, 6.45) is 3.88. The van der Waals surface area contributed by atoms with Gasteiger partial charge in [-0.1, -0.05) is 11.6 Å². The first-order chi connectivity index (χ1) is 9.63. The average molecular weight is 326 g/mol. The van der Waals surface area contributed by atoms with Gasteiger partial charge in [0.15, 0.2) is 0 Å². The lowest BCUT2D eigenvalue weighted by Crippen LogP contribution is -2.16. The number of amides is 1. The molecule has 0 saturated heterocycles. The Morgan fingerprint density at radius 2 is 2.19 bits per heavy atom. The van der Waals surface area contributed by atoms with Crippen LogP contribution in [0.1, 0.15) is 22.5 Å². The van der Waals surface area contributed by atoms with Gasteiger partial charge in [-0.05, 0) is 42.7 Å². The summed E-state index contributed by atoms with van der Waals surface area (Å²) in [7, 11) is 1.80. The van der Waals surface area contributed by atoms with Crippen molar-refractivity contribution >= 4 is 41.3 Å².